The van der Waals surface area contributed by atoms with Crippen LogP contribution in [-0.4, -0.2) is 30.9 Å². The van der Waals surface area contributed by atoms with Crippen molar-refractivity contribution in [2.45, 2.75) is 43.6 Å². The van der Waals surface area contributed by atoms with E-state index in [1.807, 2.05) is 6.07 Å². The van der Waals surface area contributed by atoms with Crippen molar-refractivity contribution in [2.75, 3.05) is 25.3 Å². The van der Waals surface area contributed by atoms with Crippen LogP contribution in [0.2, 0.25) is 0 Å². The molecule has 0 unspecified atom stereocenters. The summed E-state index contributed by atoms with van der Waals surface area (Å²) in [5, 5.41) is 13.0. The van der Waals surface area contributed by atoms with Gasteiger partial charge in [-0.15, -0.1) is 0 Å². The normalized spacial score (nSPS) is 13.4. The van der Waals surface area contributed by atoms with Gasteiger partial charge in [0.25, 0.3) is 0 Å². The second-order valence-corrected chi connectivity index (χ2v) is 7.84. The molecule has 1 heterocycles. The predicted octanol–water partition coefficient (Wildman–Crippen LogP) is 4.36. The van der Waals surface area contributed by atoms with Crippen LogP contribution in [0.1, 0.15) is 42.5 Å². The molecule has 0 fully saturated rings. The van der Waals surface area contributed by atoms with E-state index in [0.717, 1.165) is 31.4 Å². The second-order valence-electron chi connectivity index (χ2n) is 6.88. The standard InChI is InChI=1S/C22H25N3O3S/c1-27-17-9-10-20(28-2)19(12-17)24-21(26)14-29-22-16(13-23)11-15-7-5-3-4-6-8-18(15)25-22/h9-12H,3-8,14H2,1-2H3,(H,24,26). The summed E-state index contributed by atoms with van der Waals surface area (Å²) in [6.45, 7) is 0. The number of nitrogens with one attached hydrogen (secondary N) is 1. The first-order valence-electron chi connectivity index (χ1n) is 9.72. The number of anilines is 1. The van der Waals surface area contributed by atoms with E-state index in [1.54, 1.807) is 32.4 Å². The molecule has 1 N–H and O–H groups in total. The predicted molar refractivity (Wildman–Crippen MR) is 114 cm³/mol. The van der Waals surface area contributed by atoms with E-state index in [-0.39, 0.29) is 11.7 Å². The van der Waals surface area contributed by atoms with Gasteiger partial charge in [-0.1, -0.05) is 24.6 Å². The van der Waals surface area contributed by atoms with Gasteiger partial charge < -0.3 is 14.8 Å². The van der Waals surface area contributed by atoms with E-state index in [0.29, 0.717) is 27.8 Å². The number of aromatic nitrogens is 1. The first-order chi connectivity index (χ1) is 14.1. The average molecular weight is 412 g/mol. The fourth-order valence-electron chi connectivity index (χ4n) is 3.39. The van der Waals surface area contributed by atoms with E-state index in [1.165, 1.54) is 30.2 Å². The molecule has 0 radical (unpaired) electrons. The molecular formula is C22H25N3O3S. The number of methoxy groups -OCH3 is 2. The van der Waals surface area contributed by atoms with E-state index in [9.17, 15) is 10.1 Å². The number of benzene rings is 1. The Morgan fingerprint density at radius 1 is 1.17 bits per heavy atom. The summed E-state index contributed by atoms with van der Waals surface area (Å²) in [5.41, 5.74) is 3.34. The monoisotopic (exact) mass is 411 g/mol. The lowest BCUT2D eigenvalue weighted by Crippen LogP contribution is -2.15. The van der Waals surface area contributed by atoms with Crippen LogP contribution in [0, 0.1) is 11.3 Å². The van der Waals surface area contributed by atoms with Crippen molar-refractivity contribution in [3.8, 4) is 17.6 Å². The average Bonchev–Trinajstić information content (AvgIpc) is 2.72. The highest BCUT2D eigenvalue weighted by atomic mass is 32.2. The molecule has 29 heavy (non-hydrogen) atoms. The van der Waals surface area contributed by atoms with Crippen LogP contribution in [0.25, 0.3) is 0 Å². The highest BCUT2D eigenvalue weighted by molar-refractivity contribution is 8.00. The molecule has 7 heteroatoms. The number of amides is 1. The number of nitriles is 1. The molecule has 152 valence electrons. The Morgan fingerprint density at radius 2 is 1.97 bits per heavy atom. The fraction of sp³-hybridized carbons (Fsp3) is 0.409. The number of pyridine rings is 1. The zero-order valence-electron chi connectivity index (χ0n) is 16.8. The largest absolute Gasteiger partial charge is 0.497 e. The number of carbonyl (C=O) groups is 1. The molecule has 0 atom stereocenters. The molecule has 0 saturated heterocycles. The molecule has 1 aromatic carbocycles. The van der Waals surface area contributed by atoms with Crippen LogP contribution in [-0.2, 0) is 17.6 Å². The van der Waals surface area contributed by atoms with Gasteiger partial charge in [-0.3, -0.25) is 4.79 Å². The lowest BCUT2D eigenvalue weighted by Gasteiger charge is -2.15. The number of thioether (sulfide) groups is 1. The second kappa shape index (κ2) is 10.2. The third-order valence-corrected chi connectivity index (χ3v) is 5.90. The van der Waals surface area contributed by atoms with Crippen molar-refractivity contribution in [3.05, 3.63) is 41.1 Å². The first kappa shape index (κ1) is 21.0. The summed E-state index contributed by atoms with van der Waals surface area (Å²) in [4.78, 5) is 17.2. The van der Waals surface area contributed by atoms with Crippen molar-refractivity contribution in [1.29, 1.82) is 5.26 Å². The van der Waals surface area contributed by atoms with Gasteiger partial charge in [0.2, 0.25) is 5.91 Å². The number of ether oxygens (including phenoxy) is 2. The van der Waals surface area contributed by atoms with Gasteiger partial charge in [-0.25, -0.2) is 4.98 Å². The van der Waals surface area contributed by atoms with Crippen molar-refractivity contribution >= 4 is 23.4 Å². The molecule has 0 saturated carbocycles. The quantitative estimate of drug-likeness (QED) is 0.711. The van der Waals surface area contributed by atoms with Crippen molar-refractivity contribution in [2.24, 2.45) is 0 Å². The topological polar surface area (TPSA) is 84.2 Å². The van der Waals surface area contributed by atoms with Gasteiger partial charge in [0.1, 0.15) is 22.6 Å². The summed E-state index contributed by atoms with van der Waals surface area (Å²) in [7, 11) is 3.12. The van der Waals surface area contributed by atoms with Crippen LogP contribution < -0.4 is 14.8 Å². The van der Waals surface area contributed by atoms with Gasteiger partial charge >= 0.3 is 0 Å². The maximum atomic E-state index is 12.5. The molecular weight excluding hydrogens is 386 g/mol. The SMILES string of the molecule is COc1ccc(OC)c(NC(=O)CSc2nc3c(cc2C#N)CCCCCC3)c1. The minimum atomic E-state index is -0.195. The molecule has 0 bridgehead atoms. The summed E-state index contributed by atoms with van der Waals surface area (Å²) in [5.74, 6) is 1.14. The third kappa shape index (κ3) is 5.42. The molecule has 0 spiro atoms. The maximum absolute atomic E-state index is 12.5. The van der Waals surface area contributed by atoms with Crippen LogP contribution in [0.5, 0.6) is 11.5 Å². The Bertz CT molecular complexity index is 924. The summed E-state index contributed by atoms with van der Waals surface area (Å²) < 4.78 is 10.5. The molecule has 1 aromatic heterocycles. The number of nitrogens with zero attached hydrogens (tertiary/aromatic N) is 2. The summed E-state index contributed by atoms with van der Waals surface area (Å²) >= 11 is 1.29. The van der Waals surface area contributed by atoms with Crippen LogP contribution >= 0.6 is 11.8 Å². The Morgan fingerprint density at radius 3 is 2.69 bits per heavy atom. The van der Waals surface area contributed by atoms with Crippen LogP contribution in [0.15, 0.2) is 29.3 Å². The third-order valence-electron chi connectivity index (χ3n) is 4.91. The van der Waals surface area contributed by atoms with Crippen molar-refractivity contribution in [3.63, 3.8) is 0 Å². The number of hydrogen-bond acceptors (Lipinski definition) is 6. The zero-order chi connectivity index (χ0) is 20.6. The molecule has 1 aliphatic carbocycles. The van der Waals surface area contributed by atoms with Gasteiger partial charge in [-0.2, -0.15) is 5.26 Å². The van der Waals surface area contributed by atoms with Crippen molar-refractivity contribution in [1.82, 2.24) is 4.98 Å². The molecule has 2 aromatic rings. The smallest absolute Gasteiger partial charge is 0.234 e. The molecule has 1 aliphatic rings. The molecule has 6 nitrogen and oxygen atoms in total. The highest BCUT2D eigenvalue weighted by Crippen LogP contribution is 2.30. The van der Waals surface area contributed by atoms with E-state index in [2.05, 4.69) is 11.4 Å². The number of rotatable bonds is 6. The van der Waals surface area contributed by atoms with Crippen LogP contribution in [0.3, 0.4) is 0 Å². The van der Waals surface area contributed by atoms with Gasteiger partial charge in [0.05, 0.1) is 31.2 Å². The van der Waals surface area contributed by atoms with Gasteiger partial charge in [-0.05, 0) is 49.4 Å². The molecule has 3 rings (SSSR count). The number of fused-ring (bicyclic) bond motifs is 1. The van der Waals surface area contributed by atoms with Gasteiger partial charge in [0, 0.05) is 11.8 Å². The van der Waals surface area contributed by atoms with Gasteiger partial charge in [0.15, 0.2) is 0 Å². The van der Waals surface area contributed by atoms with E-state index < -0.39 is 0 Å². The number of hydrogen-bond donors (Lipinski definition) is 1. The number of aryl methyl sites for hydroxylation is 2. The minimum absolute atomic E-state index is 0.154. The fourth-order valence-corrected chi connectivity index (χ4v) is 4.17. The molecule has 0 aliphatic heterocycles. The first-order valence-corrected chi connectivity index (χ1v) is 10.7. The summed E-state index contributed by atoms with van der Waals surface area (Å²) in [6.07, 6.45) is 6.60. The van der Waals surface area contributed by atoms with E-state index >= 15 is 0 Å². The van der Waals surface area contributed by atoms with E-state index in [4.69, 9.17) is 14.5 Å². The Labute approximate surface area is 175 Å². The maximum Gasteiger partial charge on any atom is 0.234 e. The number of carbonyl (C=O) groups excluding carboxylic acids is 1. The minimum Gasteiger partial charge on any atom is -0.497 e. The van der Waals surface area contributed by atoms with Crippen LogP contribution in [0.4, 0.5) is 5.69 Å². The molecule has 1 amide bonds. The Balaban J connectivity index is 1.71. The highest BCUT2D eigenvalue weighted by Gasteiger charge is 2.16. The lowest BCUT2D eigenvalue weighted by molar-refractivity contribution is -0.113. The Hall–Kier alpha value is -2.72. The summed E-state index contributed by atoms with van der Waals surface area (Å²) in [6, 6.07) is 9.42. The zero-order valence-corrected chi connectivity index (χ0v) is 17.6. The van der Waals surface area contributed by atoms with Crippen molar-refractivity contribution < 1.29 is 14.3 Å². The lowest BCUT2D eigenvalue weighted by atomic mass is 9.96. The Kier molecular flexibility index (Phi) is 7.36.